The summed E-state index contributed by atoms with van der Waals surface area (Å²) in [6.07, 6.45) is 0. The van der Waals surface area contributed by atoms with Crippen LogP contribution in [0.4, 0.5) is 5.69 Å². The number of hydrogen-bond acceptors (Lipinski definition) is 3. The Balaban J connectivity index is 2.52. The SMILES string of the molecule is Cc1cc(Cl)c(N2CC(C)CN(CC(=O)O)S2(=O)=O)c(Cl)c1. The van der Waals surface area contributed by atoms with Gasteiger partial charge in [0, 0.05) is 13.1 Å². The highest BCUT2D eigenvalue weighted by Crippen LogP contribution is 2.39. The second-order valence-corrected chi connectivity index (χ2v) is 8.07. The zero-order valence-corrected chi connectivity index (χ0v) is 14.4. The highest BCUT2D eigenvalue weighted by atomic mass is 35.5. The number of aryl methyl sites for hydroxylation is 1. The number of rotatable bonds is 3. The number of carbonyl (C=O) groups is 1. The highest BCUT2D eigenvalue weighted by Gasteiger charge is 2.39. The zero-order chi connectivity index (χ0) is 16.7. The Hall–Kier alpha value is -1.02. The van der Waals surface area contributed by atoms with Crippen molar-refractivity contribution in [1.29, 1.82) is 0 Å². The summed E-state index contributed by atoms with van der Waals surface area (Å²) in [5, 5.41) is 9.35. The average Bonchev–Trinajstić information content (AvgIpc) is 2.33. The molecule has 0 aromatic heterocycles. The molecule has 0 bridgehead atoms. The van der Waals surface area contributed by atoms with Gasteiger partial charge in [0.1, 0.15) is 6.54 Å². The number of carboxylic acids is 1. The number of halogens is 2. The van der Waals surface area contributed by atoms with E-state index < -0.39 is 22.7 Å². The molecule has 1 aromatic carbocycles. The molecule has 1 atom stereocenters. The third kappa shape index (κ3) is 3.32. The van der Waals surface area contributed by atoms with Crippen LogP contribution in [0.2, 0.25) is 10.0 Å². The first-order valence-corrected chi connectivity index (χ1v) is 8.73. The predicted octanol–water partition coefficient (Wildman–Crippen LogP) is 2.39. The first kappa shape index (κ1) is 17.3. The summed E-state index contributed by atoms with van der Waals surface area (Å²) in [7, 11) is -3.99. The molecule has 2 rings (SSSR count). The Morgan fingerprint density at radius 3 is 2.36 bits per heavy atom. The lowest BCUT2D eigenvalue weighted by atomic mass is 10.1. The second-order valence-electron chi connectivity index (χ2n) is 5.41. The van der Waals surface area contributed by atoms with Gasteiger partial charge in [-0.3, -0.25) is 9.10 Å². The number of carboxylic acid groups (broad SMARTS) is 1. The van der Waals surface area contributed by atoms with Crippen molar-refractivity contribution >= 4 is 45.1 Å². The van der Waals surface area contributed by atoms with Crippen LogP contribution >= 0.6 is 23.2 Å². The van der Waals surface area contributed by atoms with Gasteiger partial charge in [-0.05, 0) is 30.5 Å². The molecular formula is C13H16Cl2N2O4S. The Morgan fingerprint density at radius 1 is 1.32 bits per heavy atom. The zero-order valence-electron chi connectivity index (χ0n) is 12.1. The quantitative estimate of drug-likeness (QED) is 0.890. The highest BCUT2D eigenvalue weighted by molar-refractivity contribution is 7.90. The lowest BCUT2D eigenvalue weighted by molar-refractivity contribution is -0.137. The fraction of sp³-hybridized carbons (Fsp3) is 0.462. The van der Waals surface area contributed by atoms with Crippen LogP contribution in [-0.4, -0.2) is 43.4 Å². The van der Waals surface area contributed by atoms with Crippen LogP contribution in [0, 0.1) is 12.8 Å². The van der Waals surface area contributed by atoms with E-state index in [4.69, 9.17) is 28.3 Å². The maximum absolute atomic E-state index is 12.7. The Bertz CT molecular complexity index is 685. The lowest BCUT2D eigenvalue weighted by Crippen LogP contribution is -2.54. The van der Waals surface area contributed by atoms with E-state index in [1.807, 2.05) is 6.92 Å². The summed E-state index contributed by atoms with van der Waals surface area (Å²) >= 11 is 12.3. The summed E-state index contributed by atoms with van der Waals surface area (Å²) in [6.45, 7) is 3.38. The van der Waals surface area contributed by atoms with E-state index in [1.165, 1.54) is 0 Å². The Kier molecular flexibility index (Phi) is 4.91. The van der Waals surface area contributed by atoms with Gasteiger partial charge in [-0.1, -0.05) is 30.1 Å². The fourth-order valence-electron chi connectivity index (χ4n) is 2.45. The van der Waals surface area contributed by atoms with Gasteiger partial charge in [-0.25, -0.2) is 0 Å². The maximum Gasteiger partial charge on any atom is 0.318 e. The lowest BCUT2D eigenvalue weighted by Gasteiger charge is -2.39. The van der Waals surface area contributed by atoms with Gasteiger partial charge in [0.25, 0.3) is 0 Å². The van der Waals surface area contributed by atoms with Crippen LogP contribution in [0.3, 0.4) is 0 Å². The fourth-order valence-corrected chi connectivity index (χ4v) is 5.22. The molecule has 0 aliphatic carbocycles. The van der Waals surface area contributed by atoms with Crippen LogP contribution < -0.4 is 4.31 Å². The van der Waals surface area contributed by atoms with Crippen LogP contribution in [-0.2, 0) is 15.0 Å². The van der Waals surface area contributed by atoms with Gasteiger partial charge in [0.05, 0.1) is 15.7 Å². The topological polar surface area (TPSA) is 77.9 Å². The normalized spacial score (nSPS) is 21.8. The van der Waals surface area contributed by atoms with Crippen LogP contribution in [0.25, 0.3) is 0 Å². The van der Waals surface area contributed by atoms with Crippen molar-refractivity contribution in [2.24, 2.45) is 5.92 Å². The van der Waals surface area contributed by atoms with E-state index in [0.717, 1.165) is 14.2 Å². The van der Waals surface area contributed by atoms with Gasteiger partial charge in [0.2, 0.25) is 0 Å². The Morgan fingerprint density at radius 2 is 1.86 bits per heavy atom. The van der Waals surface area contributed by atoms with Gasteiger partial charge in [-0.15, -0.1) is 0 Å². The number of aliphatic carboxylic acids is 1. The predicted molar refractivity (Wildman–Crippen MR) is 85.8 cm³/mol. The third-order valence-corrected chi connectivity index (χ3v) is 5.72. The molecule has 0 amide bonds. The minimum absolute atomic E-state index is 0.0590. The van der Waals surface area contributed by atoms with Crippen molar-refractivity contribution in [1.82, 2.24) is 4.31 Å². The minimum atomic E-state index is -3.99. The number of benzene rings is 1. The molecule has 22 heavy (non-hydrogen) atoms. The van der Waals surface area contributed by atoms with Crippen LogP contribution in [0.5, 0.6) is 0 Å². The van der Waals surface area contributed by atoms with Crippen LogP contribution in [0.1, 0.15) is 12.5 Å². The van der Waals surface area contributed by atoms with Crippen molar-refractivity contribution in [3.05, 3.63) is 27.7 Å². The van der Waals surface area contributed by atoms with Crippen molar-refractivity contribution in [2.75, 3.05) is 23.9 Å². The molecule has 0 saturated carbocycles. The molecule has 122 valence electrons. The van der Waals surface area contributed by atoms with E-state index in [9.17, 15) is 13.2 Å². The number of anilines is 1. The van der Waals surface area contributed by atoms with Crippen molar-refractivity contribution in [2.45, 2.75) is 13.8 Å². The molecule has 1 saturated heterocycles. The van der Waals surface area contributed by atoms with Gasteiger partial charge >= 0.3 is 16.2 Å². The summed E-state index contributed by atoms with van der Waals surface area (Å²) < 4.78 is 27.3. The van der Waals surface area contributed by atoms with Crippen molar-refractivity contribution < 1.29 is 18.3 Å². The largest absolute Gasteiger partial charge is 0.480 e. The van der Waals surface area contributed by atoms with E-state index >= 15 is 0 Å². The maximum atomic E-state index is 12.7. The molecule has 1 unspecified atom stereocenters. The van der Waals surface area contributed by atoms with E-state index in [-0.39, 0.29) is 34.7 Å². The van der Waals surface area contributed by atoms with Gasteiger partial charge in [0.15, 0.2) is 0 Å². The summed E-state index contributed by atoms with van der Waals surface area (Å²) in [4.78, 5) is 10.9. The molecule has 1 aromatic rings. The van der Waals surface area contributed by atoms with E-state index in [2.05, 4.69) is 0 Å². The first-order valence-electron chi connectivity index (χ1n) is 6.58. The van der Waals surface area contributed by atoms with E-state index in [1.54, 1.807) is 19.1 Å². The minimum Gasteiger partial charge on any atom is -0.480 e. The molecule has 1 heterocycles. The molecule has 1 aliphatic heterocycles. The molecule has 0 spiro atoms. The molecule has 1 fully saturated rings. The molecular weight excluding hydrogens is 351 g/mol. The molecule has 6 nitrogen and oxygen atoms in total. The summed E-state index contributed by atoms with van der Waals surface area (Å²) in [5.41, 5.74) is 1.000. The monoisotopic (exact) mass is 366 g/mol. The summed E-state index contributed by atoms with van der Waals surface area (Å²) in [6, 6.07) is 3.25. The van der Waals surface area contributed by atoms with Gasteiger partial charge in [-0.2, -0.15) is 12.7 Å². The second kappa shape index (κ2) is 6.23. The van der Waals surface area contributed by atoms with E-state index in [0.29, 0.717) is 0 Å². The first-order chi connectivity index (χ1) is 10.1. The number of hydrogen-bond donors (Lipinski definition) is 1. The molecule has 1 aliphatic rings. The van der Waals surface area contributed by atoms with Crippen LogP contribution in [0.15, 0.2) is 12.1 Å². The molecule has 1 N–H and O–H groups in total. The standard InChI is InChI=1S/C13H16Cl2N2O4S/c1-8-3-10(14)13(11(15)4-8)17-6-9(2)5-16(7-12(18)19)22(17,20)21/h3-4,9H,5-7H2,1-2H3,(H,18,19). The summed E-state index contributed by atoms with van der Waals surface area (Å²) in [5.74, 6) is -1.27. The van der Waals surface area contributed by atoms with Crippen molar-refractivity contribution in [3.63, 3.8) is 0 Å². The molecule has 9 heteroatoms. The third-order valence-electron chi connectivity index (χ3n) is 3.32. The van der Waals surface area contributed by atoms with Gasteiger partial charge < -0.3 is 5.11 Å². The smallest absolute Gasteiger partial charge is 0.318 e. The average molecular weight is 367 g/mol. The number of nitrogens with zero attached hydrogens (tertiary/aromatic N) is 2. The molecule has 0 radical (unpaired) electrons. The van der Waals surface area contributed by atoms with Crippen molar-refractivity contribution in [3.8, 4) is 0 Å². The Labute approximate surface area is 139 Å².